The molecule has 2 aromatic rings. The minimum Gasteiger partial charge on any atom is -0.465 e. The Balaban J connectivity index is 2.22. The Kier molecular flexibility index (Phi) is 9.21. The highest BCUT2D eigenvalue weighted by atomic mass is 35.5. The molecule has 4 atom stereocenters. The van der Waals surface area contributed by atoms with E-state index >= 15 is 0 Å². The second-order valence-corrected chi connectivity index (χ2v) is 8.01. The zero-order chi connectivity index (χ0) is 24.0. The van der Waals surface area contributed by atoms with Gasteiger partial charge in [-0.1, -0.05) is 11.6 Å². The summed E-state index contributed by atoms with van der Waals surface area (Å²) in [5, 5.41) is 50.6. The monoisotopic (exact) mass is 490 g/mol. The number of urea groups is 1. The van der Waals surface area contributed by atoms with Crippen LogP contribution < -0.4 is 15.8 Å². The summed E-state index contributed by atoms with van der Waals surface area (Å²) in [4.78, 5) is 23.8. The number of hydrogen-bond acceptors (Lipinski definition) is 10. The number of thiophene rings is 1. The van der Waals surface area contributed by atoms with Gasteiger partial charge < -0.3 is 46.1 Å². The Morgan fingerprint density at radius 2 is 1.88 bits per heavy atom. The molecule has 1 aromatic heterocycles. The van der Waals surface area contributed by atoms with E-state index in [1.807, 2.05) is 0 Å². The first-order chi connectivity index (χ1) is 15.1. The molecule has 4 unspecified atom stereocenters. The molecule has 0 aliphatic rings. The number of carbonyl (C=O) groups is 2. The summed E-state index contributed by atoms with van der Waals surface area (Å²) in [5.41, 5.74) is 5.82. The number of carbonyl (C=O) groups excluding carboxylic acids is 2. The molecule has 11 nitrogen and oxygen atoms in total. The van der Waals surface area contributed by atoms with E-state index in [1.165, 1.54) is 31.4 Å². The minimum atomic E-state index is -1.93. The van der Waals surface area contributed by atoms with Gasteiger partial charge in [0.1, 0.15) is 22.8 Å². The van der Waals surface area contributed by atoms with Gasteiger partial charge in [0.05, 0.1) is 23.9 Å². The SMILES string of the molecule is COC(=O)c1sc(-c2ccc(OC(O)C(O)C(O)C(O)CCO)c(Cl)c2)cc1NC(N)=O. The van der Waals surface area contributed by atoms with Crippen molar-refractivity contribution in [1.29, 1.82) is 0 Å². The molecule has 0 bridgehead atoms. The van der Waals surface area contributed by atoms with Crippen LogP contribution >= 0.6 is 22.9 Å². The normalized spacial score (nSPS) is 14.8. The van der Waals surface area contributed by atoms with Crippen LogP contribution in [-0.4, -0.2) is 75.9 Å². The fourth-order valence-electron chi connectivity index (χ4n) is 2.65. The van der Waals surface area contributed by atoms with Crippen LogP contribution in [0.25, 0.3) is 10.4 Å². The van der Waals surface area contributed by atoms with Crippen LogP contribution in [0.2, 0.25) is 5.02 Å². The number of nitrogens with one attached hydrogen (secondary N) is 1. The van der Waals surface area contributed by atoms with E-state index in [0.29, 0.717) is 10.4 Å². The molecule has 176 valence electrons. The quantitative estimate of drug-likeness (QED) is 0.183. The second kappa shape index (κ2) is 11.4. The molecule has 1 aromatic carbocycles. The summed E-state index contributed by atoms with van der Waals surface area (Å²) in [5.74, 6) is -0.707. The number of benzene rings is 1. The maximum absolute atomic E-state index is 12.0. The molecular formula is C19H23ClN2O9S. The lowest BCUT2D eigenvalue weighted by molar-refractivity contribution is -0.166. The fourth-order valence-corrected chi connectivity index (χ4v) is 3.91. The summed E-state index contributed by atoms with van der Waals surface area (Å²) in [7, 11) is 1.19. The summed E-state index contributed by atoms with van der Waals surface area (Å²) in [6, 6.07) is 5.01. The fraction of sp³-hybridized carbons (Fsp3) is 0.368. The molecule has 0 aliphatic heterocycles. The number of anilines is 1. The largest absolute Gasteiger partial charge is 0.465 e. The first kappa shape index (κ1) is 25.8. The van der Waals surface area contributed by atoms with Crippen LogP contribution in [0.3, 0.4) is 0 Å². The zero-order valence-electron chi connectivity index (χ0n) is 16.8. The third-order valence-electron chi connectivity index (χ3n) is 4.29. The van der Waals surface area contributed by atoms with Crippen LogP contribution in [-0.2, 0) is 4.74 Å². The molecule has 0 saturated carbocycles. The van der Waals surface area contributed by atoms with Gasteiger partial charge in [-0.25, -0.2) is 9.59 Å². The van der Waals surface area contributed by atoms with Gasteiger partial charge >= 0.3 is 12.0 Å². The van der Waals surface area contributed by atoms with Gasteiger partial charge in [0.2, 0.25) is 6.29 Å². The van der Waals surface area contributed by atoms with Crippen molar-refractivity contribution in [1.82, 2.24) is 0 Å². The van der Waals surface area contributed by atoms with Gasteiger partial charge in [0, 0.05) is 11.5 Å². The molecule has 13 heteroatoms. The Hall–Kier alpha value is -2.45. The van der Waals surface area contributed by atoms with Crippen LogP contribution in [0.4, 0.5) is 10.5 Å². The molecule has 0 radical (unpaired) electrons. The third-order valence-corrected chi connectivity index (χ3v) is 5.75. The molecule has 2 rings (SSSR count). The molecule has 0 spiro atoms. The number of ether oxygens (including phenoxy) is 2. The highest BCUT2D eigenvalue weighted by molar-refractivity contribution is 7.18. The Bertz CT molecular complexity index is 955. The molecule has 2 amide bonds. The number of primary amides is 1. The molecule has 0 saturated heterocycles. The molecule has 32 heavy (non-hydrogen) atoms. The number of aliphatic hydroxyl groups excluding tert-OH is 5. The van der Waals surface area contributed by atoms with Gasteiger partial charge in [0.15, 0.2) is 0 Å². The Morgan fingerprint density at radius 1 is 1.19 bits per heavy atom. The smallest absolute Gasteiger partial charge is 0.350 e. The second-order valence-electron chi connectivity index (χ2n) is 6.55. The van der Waals surface area contributed by atoms with Crippen LogP contribution in [0.1, 0.15) is 16.1 Å². The van der Waals surface area contributed by atoms with Crippen molar-refractivity contribution >= 4 is 40.6 Å². The minimum absolute atomic E-state index is 0.0246. The van der Waals surface area contributed by atoms with Crippen molar-refractivity contribution in [2.24, 2.45) is 5.73 Å². The molecule has 1 heterocycles. The number of halogens is 1. The lowest BCUT2D eigenvalue weighted by atomic mass is 10.1. The Labute approximate surface area is 191 Å². The lowest BCUT2D eigenvalue weighted by Gasteiger charge is -2.26. The number of hydrogen-bond donors (Lipinski definition) is 7. The zero-order valence-corrected chi connectivity index (χ0v) is 18.3. The van der Waals surface area contributed by atoms with Gasteiger partial charge in [-0.05, 0) is 36.2 Å². The van der Waals surface area contributed by atoms with E-state index in [1.54, 1.807) is 0 Å². The highest BCUT2D eigenvalue weighted by Gasteiger charge is 2.32. The lowest BCUT2D eigenvalue weighted by Crippen LogP contribution is -2.46. The standard InChI is InChI=1S/C19H23ClN2O9S/c1-30-18(28)16-10(22-19(21)29)7-13(32-16)8-2-3-12(9(20)6-8)31-17(27)15(26)14(25)11(24)4-5-23/h2-3,6-7,11,14-15,17,23-27H,4-5H2,1H3,(H3,21,22,29). The highest BCUT2D eigenvalue weighted by Crippen LogP contribution is 2.38. The first-order valence-corrected chi connectivity index (χ1v) is 10.4. The number of aliphatic hydroxyl groups is 5. The number of amides is 2. The van der Waals surface area contributed by atoms with Gasteiger partial charge in [-0.2, -0.15) is 0 Å². The molecule has 8 N–H and O–H groups in total. The van der Waals surface area contributed by atoms with E-state index in [-0.39, 0.29) is 27.8 Å². The molecular weight excluding hydrogens is 468 g/mol. The van der Waals surface area contributed by atoms with E-state index in [2.05, 4.69) is 5.32 Å². The van der Waals surface area contributed by atoms with Crippen LogP contribution in [0, 0.1) is 0 Å². The van der Waals surface area contributed by atoms with Crippen LogP contribution in [0.5, 0.6) is 5.75 Å². The van der Waals surface area contributed by atoms with Crippen molar-refractivity contribution < 1.29 is 44.6 Å². The Morgan fingerprint density at radius 3 is 2.44 bits per heavy atom. The summed E-state index contributed by atoms with van der Waals surface area (Å²) in [6.07, 6.45) is -7.26. The average Bonchev–Trinajstić information content (AvgIpc) is 3.16. The predicted octanol–water partition coefficient (Wildman–Crippen LogP) is 0.508. The van der Waals surface area contributed by atoms with Crippen molar-refractivity contribution in [3.8, 4) is 16.2 Å². The predicted molar refractivity (Wildman–Crippen MR) is 116 cm³/mol. The summed E-state index contributed by atoms with van der Waals surface area (Å²) in [6.45, 7) is -0.424. The topological polar surface area (TPSA) is 192 Å². The van der Waals surface area contributed by atoms with E-state index in [0.717, 1.165) is 11.3 Å². The molecule has 0 aliphatic carbocycles. The van der Waals surface area contributed by atoms with Gasteiger partial charge in [0.25, 0.3) is 0 Å². The maximum atomic E-state index is 12.0. The first-order valence-electron chi connectivity index (χ1n) is 9.17. The number of methoxy groups -OCH3 is 1. The number of esters is 1. The van der Waals surface area contributed by atoms with Gasteiger partial charge in [-0.3, -0.25) is 0 Å². The van der Waals surface area contributed by atoms with Crippen LogP contribution in [0.15, 0.2) is 24.3 Å². The average molecular weight is 491 g/mol. The summed E-state index contributed by atoms with van der Waals surface area (Å²) < 4.78 is 9.88. The van der Waals surface area contributed by atoms with E-state index in [9.17, 15) is 30.0 Å². The maximum Gasteiger partial charge on any atom is 0.350 e. The van der Waals surface area contributed by atoms with Crippen molar-refractivity contribution in [2.45, 2.75) is 31.0 Å². The van der Waals surface area contributed by atoms with Gasteiger partial charge in [-0.15, -0.1) is 11.3 Å². The van der Waals surface area contributed by atoms with E-state index in [4.69, 9.17) is 31.9 Å². The van der Waals surface area contributed by atoms with Crippen molar-refractivity contribution in [3.63, 3.8) is 0 Å². The third kappa shape index (κ3) is 6.29. The molecule has 0 fully saturated rings. The summed E-state index contributed by atoms with van der Waals surface area (Å²) >= 11 is 7.22. The number of nitrogens with two attached hydrogens (primary N) is 1. The van der Waals surface area contributed by atoms with E-state index < -0.39 is 43.2 Å². The van der Waals surface area contributed by atoms with Crippen molar-refractivity contribution in [2.75, 3.05) is 19.0 Å². The van der Waals surface area contributed by atoms with Crippen molar-refractivity contribution in [3.05, 3.63) is 34.2 Å². The number of rotatable bonds is 10.